The van der Waals surface area contributed by atoms with Crippen molar-refractivity contribution in [3.05, 3.63) is 11.1 Å². The van der Waals surface area contributed by atoms with Gasteiger partial charge in [-0.1, -0.05) is 19.8 Å². The van der Waals surface area contributed by atoms with Gasteiger partial charge in [-0.25, -0.2) is 4.98 Å². The Hall–Kier alpha value is -1.14. The molecule has 2 aromatic rings. The van der Waals surface area contributed by atoms with Crippen LogP contribution in [0.25, 0.3) is 10.6 Å². The van der Waals surface area contributed by atoms with Gasteiger partial charge in [-0.3, -0.25) is 0 Å². The quantitative estimate of drug-likeness (QED) is 0.824. The molecule has 0 aromatic carbocycles. The first kappa shape index (κ1) is 14.3. The molecular weight excluding hydrogens is 276 g/mol. The SMILES string of the molecule is CCCCCN(C)c1snc(N)c1-c1nc(C)cs1. The molecule has 2 N–H and O–H groups in total. The van der Waals surface area contributed by atoms with Crippen LogP contribution in [0.2, 0.25) is 0 Å². The molecule has 0 atom stereocenters. The fraction of sp³-hybridized carbons (Fsp3) is 0.538. The summed E-state index contributed by atoms with van der Waals surface area (Å²) in [6.45, 7) is 5.25. The summed E-state index contributed by atoms with van der Waals surface area (Å²) >= 11 is 3.09. The van der Waals surface area contributed by atoms with Gasteiger partial charge in [-0.2, -0.15) is 4.37 Å². The fourth-order valence-electron chi connectivity index (χ4n) is 1.92. The van der Waals surface area contributed by atoms with E-state index in [1.807, 2.05) is 12.3 Å². The van der Waals surface area contributed by atoms with E-state index in [4.69, 9.17) is 5.73 Å². The Morgan fingerprint density at radius 1 is 1.37 bits per heavy atom. The maximum atomic E-state index is 6.01. The molecule has 0 radical (unpaired) electrons. The Morgan fingerprint density at radius 2 is 2.16 bits per heavy atom. The number of aromatic nitrogens is 2. The standard InChI is InChI=1S/C13H20N4S2/c1-4-5-6-7-17(3)13-10(11(14)16-19-13)12-15-9(2)8-18-12/h8H,4-7H2,1-3H3,(H2,14,16). The normalized spacial score (nSPS) is 10.9. The zero-order valence-electron chi connectivity index (χ0n) is 11.6. The van der Waals surface area contributed by atoms with Gasteiger partial charge in [0, 0.05) is 24.7 Å². The third kappa shape index (κ3) is 3.25. The van der Waals surface area contributed by atoms with Crippen molar-refractivity contribution >= 4 is 33.7 Å². The minimum absolute atomic E-state index is 0.594. The van der Waals surface area contributed by atoms with Crippen LogP contribution >= 0.6 is 22.9 Å². The number of anilines is 2. The molecule has 0 unspecified atom stereocenters. The molecule has 2 heterocycles. The van der Waals surface area contributed by atoms with Gasteiger partial charge in [0.15, 0.2) is 0 Å². The monoisotopic (exact) mass is 296 g/mol. The van der Waals surface area contributed by atoms with Crippen LogP contribution in [0.3, 0.4) is 0 Å². The van der Waals surface area contributed by atoms with E-state index < -0.39 is 0 Å². The van der Waals surface area contributed by atoms with Gasteiger partial charge in [0.25, 0.3) is 0 Å². The number of nitrogens with zero attached hydrogens (tertiary/aromatic N) is 3. The second-order valence-corrected chi connectivity index (χ2v) is 6.28. The third-order valence-electron chi connectivity index (χ3n) is 2.98. The first-order valence-electron chi connectivity index (χ1n) is 6.52. The topological polar surface area (TPSA) is 55.0 Å². The van der Waals surface area contributed by atoms with Crippen LogP contribution in [0, 0.1) is 6.92 Å². The molecule has 0 saturated heterocycles. The van der Waals surface area contributed by atoms with Crippen molar-refractivity contribution in [2.45, 2.75) is 33.1 Å². The lowest BCUT2D eigenvalue weighted by molar-refractivity contribution is 0.707. The summed E-state index contributed by atoms with van der Waals surface area (Å²) in [6, 6.07) is 0. The molecule has 0 aliphatic rings. The van der Waals surface area contributed by atoms with E-state index in [0.717, 1.165) is 27.8 Å². The zero-order chi connectivity index (χ0) is 13.8. The van der Waals surface area contributed by atoms with Crippen molar-refractivity contribution in [1.29, 1.82) is 0 Å². The maximum absolute atomic E-state index is 6.01. The molecule has 4 nitrogen and oxygen atoms in total. The lowest BCUT2D eigenvalue weighted by Crippen LogP contribution is -2.17. The summed E-state index contributed by atoms with van der Waals surface area (Å²) in [7, 11) is 2.10. The van der Waals surface area contributed by atoms with Crippen LogP contribution in [-0.2, 0) is 0 Å². The van der Waals surface area contributed by atoms with Gasteiger partial charge < -0.3 is 10.6 Å². The molecule has 6 heteroatoms. The molecule has 0 aliphatic carbocycles. The predicted molar refractivity (Wildman–Crippen MR) is 85.2 cm³/mol. The van der Waals surface area contributed by atoms with E-state index in [1.54, 1.807) is 11.3 Å². The molecular formula is C13H20N4S2. The highest BCUT2D eigenvalue weighted by atomic mass is 32.1. The summed E-state index contributed by atoms with van der Waals surface area (Å²) in [5, 5.41) is 4.15. The summed E-state index contributed by atoms with van der Waals surface area (Å²) in [6.07, 6.45) is 3.68. The maximum Gasteiger partial charge on any atom is 0.149 e. The number of aryl methyl sites for hydroxylation is 1. The average Bonchev–Trinajstić information content (AvgIpc) is 2.95. The Kier molecular flexibility index (Phi) is 4.76. The number of nitrogens with two attached hydrogens (primary N) is 1. The van der Waals surface area contributed by atoms with Crippen molar-refractivity contribution in [1.82, 2.24) is 9.36 Å². The van der Waals surface area contributed by atoms with Gasteiger partial charge in [-0.15, -0.1) is 11.3 Å². The molecule has 0 amide bonds. The van der Waals surface area contributed by atoms with E-state index >= 15 is 0 Å². The van der Waals surface area contributed by atoms with E-state index in [0.29, 0.717) is 5.82 Å². The highest BCUT2D eigenvalue weighted by Gasteiger charge is 2.19. The highest BCUT2D eigenvalue weighted by Crippen LogP contribution is 2.40. The van der Waals surface area contributed by atoms with Crippen LogP contribution in [0.5, 0.6) is 0 Å². The number of hydrogen-bond acceptors (Lipinski definition) is 6. The largest absolute Gasteiger partial charge is 0.382 e. The smallest absolute Gasteiger partial charge is 0.149 e. The Balaban J connectivity index is 2.22. The minimum atomic E-state index is 0.594. The zero-order valence-corrected chi connectivity index (χ0v) is 13.3. The third-order valence-corrected chi connectivity index (χ3v) is 4.93. The van der Waals surface area contributed by atoms with Crippen molar-refractivity contribution in [2.75, 3.05) is 24.2 Å². The molecule has 0 spiro atoms. The molecule has 0 bridgehead atoms. The molecule has 0 fully saturated rings. The molecule has 2 rings (SSSR count). The second kappa shape index (κ2) is 6.34. The fourth-order valence-corrected chi connectivity index (χ4v) is 3.64. The molecule has 19 heavy (non-hydrogen) atoms. The van der Waals surface area contributed by atoms with Gasteiger partial charge in [0.2, 0.25) is 0 Å². The second-order valence-electron chi connectivity index (χ2n) is 4.67. The van der Waals surface area contributed by atoms with Crippen molar-refractivity contribution in [2.24, 2.45) is 0 Å². The van der Waals surface area contributed by atoms with Crippen molar-refractivity contribution in [3.63, 3.8) is 0 Å². The van der Waals surface area contributed by atoms with Crippen molar-refractivity contribution < 1.29 is 0 Å². The van der Waals surface area contributed by atoms with Crippen LogP contribution in [0.1, 0.15) is 31.9 Å². The Labute approximate surface area is 122 Å². The number of nitrogen functional groups attached to an aromatic ring is 1. The summed E-state index contributed by atoms with van der Waals surface area (Å²) in [5.41, 5.74) is 8.05. The van der Waals surface area contributed by atoms with E-state index in [2.05, 4.69) is 28.2 Å². The molecule has 104 valence electrons. The van der Waals surface area contributed by atoms with Gasteiger partial charge in [0.05, 0.1) is 5.56 Å². The van der Waals surface area contributed by atoms with Crippen molar-refractivity contribution in [3.8, 4) is 10.6 Å². The number of rotatable bonds is 6. The van der Waals surface area contributed by atoms with Gasteiger partial charge >= 0.3 is 0 Å². The van der Waals surface area contributed by atoms with E-state index in [1.165, 1.54) is 30.8 Å². The van der Waals surface area contributed by atoms with E-state index in [9.17, 15) is 0 Å². The lowest BCUT2D eigenvalue weighted by atomic mass is 10.2. The minimum Gasteiger partial charge on any atom is -0.382 e. The highest BCUT2D eigenvalue weighted by molar-refractivity contribution is 7.15. The van der Waals surface area contributed by atoms with Crippen LogP contribution in [0.15, 0.2) is 5.38 Å². The number of hydrogen-bond donors (Lipinski definition) is 1. The first-order chi connectivity index (χ1) is 9.13. The van der Waals surface area contributed by atoms with Crippen LogP contribution in [-0.4, -0.2) is 22.9 Å². The predicted octanol–water partition coefficient (Wildman–Crippen LogP) is 3.78. The summed E-state index contributed by atoms with van der Waals surface area (Å²) in [4.78, 5) is 6.78. The number of unbranched alkanes of at least 4 members (excludes halogenated alkanes) is 2. The Morgan fingerprint density at radius 3 is 2.79 bits per heavy atom. The molecule has 0 aliphatic heterocycles. The molecule has 2 aromatic heterocycles. The lowest BCUT2D eigenvalue weighted by Gasteiger charge is -2.17. The number of thiazole rings is 1. The first-order valence-corrected chi connectivity index (χ1v) is 8.17. The summed E-state index contributed by atoms with van der Waals surface area (Å²) < 4.78 is 4.30. The van der Waals surface area contributed by atoms with Gasteiger partial charge in [-0.05, 0) is 24.9 Å². The van der Waals surface area contributed by atoms with Crippen LogP contribution in [0.4, 0.5) is 10.8 Å². The molecule has 0 saturated carbocycles. The van der Waals surface area contributed by atoms with Gasteiger partial charge in [0.1, 0.15) is 15.8 Å². The Bertz CT molecular complexity index is 532. The van der Waals surface area contributed by atoms with Crippen LogP contribution < -0.4 is 10.6 Å². The summed E-state index contributed by atoms with van der Waals surface area (Å²) in [5.74, 6) is 0.594. The average molecular weight is 296 g/mol. The van der Waals surface area contributed by atoms with E-state index in [-0.39, 0.29) is 0 Å².